The molecule has 1 aromatic carbocycles. The number of carboxylic acids is 1. The van der Waals surface area contributed by atoms with Crippen molar-refractivity contribution in [2.24, 2.45) is 0 Å². The topological polar surface area (TPSA) is 78.2 Å². The van der Waals surface area contributed by atoms with Crippen molar-refractivity contribution in [2.45, 2.75) is 6.92 Å². The molecule has 0 fully saturated rings. The highest BCUT2D eigenvalue weighted by Gasteiger charge is 2.13. The van der Waals surface area contributed by atoms with E-state index in [0.717, 1.165) is 0 Å². The van der Waals surface area contributed by atoms with Crippen LogP contribution in [0.1, 0.15) is 33.2 Å². The van der Waals surface area contributed by atoms with Gasteiger partial charge < -0.3 is 5.11 Å². The largest absolute Gasteiger partial charge is 0.478 e. The minimum Gasteiger partial charge on any atom is -0.478 e. The van der Waals surface area contributed by atoms with Crippen molar-refractivity contribution in [1.82, 2.24) is 0 Å². The van der Waals surface area contributed by atoms with Gasteiger partial charge in [-0.25, -0.2) is 4.79 Å². The first kappa shape index (κ1) is 9.93. The van der Waals surface area contributed by atoms with Gasteiger partial charge in [-0.3, -0.25) is 4.79 Å². The molecular formula is C10H7NO3. The Balaban J connectivity index is 3.40. The second kappa shape index (κ2) is 3.71. The second-order valence-electron chi connectivity index (χ2n) is 2.73. The number of carboxylic acid groups (broad SMARTS) is 1. The molecular weight excluding hydrogens is 182 g/mol. The van der Waals surface area contributed by atoms with Crippen molar-refractivity contribution in [3.63, 3.8) is 0 Å². The van der Waals surface area contributed by atoms with Gasteiger partial charge in [-0.15, -0.1) is 0 Å². The summed E-state index contributed by atoms with van der Waals surface area (Å²) in [6.07, 6.45) is 0. The number of ketones is 1. The van der Waals surface area contributed by atoms with Crippen LogP contribution in [0.4, 0.5) is 0 Å². The van der Waals surface area contributed by atoms with Gasteiger partial charge in [0.25, 0.3) is 0 Å². The van der Waals surface area contributed by atoms with Gasteiger partial charge >= 0.3 is 5.97 Å². The van der Waals surface area contributed by atoms with Crippen LogP contribution < -0.4 is 0 Å². The third-order valence-electron chi connectivity index (χ3n) is 1.76. The van der Waals surface area contributed by atoms with Crippen LogP contribution in [-0.2, 0) is 0 Å². The fourth-order valence-corrected chi connectivity index (χ4v) is 1.09. The summed E-state index contributed by atoms with van der Waals surface area (Å²) in [5.74, 6) is -1.53. The van der Waals surface area contributed by atoms with Gasteiger partial charge in [-0.05, 0) is 25.1 Å². The Bertz CT molecular complexity index is 443. The number of rotatable bonds is 2. The van der Waals surface area contributed by atoms with Gasteiger partial charge in [-0.2, -0.15) is 5.26 Å². The molecule has 0 aliphatic heterocycles. The summed E-state index contributed by atoms with van der Waals surface area (Å²) in [6.45, 7) is 1.27. The van der Waals surface area contributed by atoms with Gasteiger partial charge in [0.05, 0.1) is 17.2 Å². The molecule has 70 valence electrons. The van der Waals surface area contributed by atoms with Crippen LogP contribution in [-0.4, -0.2) is 16.9 Å². The predicted octanol–water partition coefficient (Wildman–Crippen LogP) is 1.46. The summed E-state index contributed by atoms with van der Waals surface area (Å²) in [4.78, 5) is 21.8. The van der Waals surface area contributed by atoms with Gasteiger partial charge in [0, 0.05) is 5.56 Å². The molecule has 0 spiro atoms. The second-order valence-corrected chi connectivity index (χ2v) is 2.73. The van der Waals surface area contributed by atoms with Crippen LogP contribution in [0.3, 0.4) is 0 Å². The Hall–Kier alpha value is -2.15. The molecule has 0 bridgehead atoms. The first-order valence-corrected chi connectivity index (χ1v) is 3.84. The van der Waals surface area contributed by atoms with E-state index >= 15 is 0 Å². The summed E-state index contributed by atoms with van der Waals surface area (Å²) in [5, 5.41) is 17.3. The minimum absolute atomic E-state index is 0.0663. The van der Waals surface area contributed by atoms with Crippen LogP contribution in [0, 0.1) is 11.3 Å². The number of hydrogen-bond acceptors (Lipinski definition) is 3. The molecule has 0 aliphatic rings. The average Bonchev–Trinajstić information content (AvgIpc) is 2.16. The highest BCUT2D eigenvalue weighted by molar-refractivity contribution is 6.05. The van der Waals surface area contributed by atoms with Gasteiger partial charge in [-0.1, -0.05) is 0 Å². The summed E-state index contributed by atoms with van der Waals surface area (Å²) in [5.41, 5.74) is 0.272. The molecule has 0 aliphatic carbocycles. The van der Waals surface area contributed by atoms with E-state index < -0.39 is 5.97 Å². The van der Waals surface area contributed by atoms with Crippen LogP contribution >= 0.6 is 0 Å². The SMILES string of the molecule is CC(=O)c1cc(C#N)ccc1C(=O)O. The summed E-state index contributed by atoms with van der Waals surface area (Å²) < 4.78 is 0. The van der Waals surface area contributed by atoms with E-state index in [1.807, 2.05) is 6.07 Å². The van der Waals surface area contributed by atoms with E-state index in [4.69, 9.17) is 10.4 Å². The lowest BCUT2D eigenvalue weighted by molar-refractivity contribution is 0.0692. The third kappa shape index (κ3) is 1.77. The van der Waals surface area contributed by atoms with Gasteiger partial charge in [0.15, 0.2) is 5.78 Å². The molecule has 0 aromatic heterocycles. The first-order chi connectivity index (χ1) is 6.56. The smallest absolute Gasteiger partial charge is 0.336 e. The standard InChI is InChI=1S/C10H7NO3/c1-6(12)9-4-7(5-11)2-3-8(9)10(13)14/h2-4H,1H3,(H,13,14). The Kier molecular flexibility index (Phi) is 2.63. The maximum atomic E-state index is 11.1. The normalized spacial score (nSPS) is 9.14. The summed E-state index contributed by atoms with van der Waals surface area (Å²) >= 11 is 0. The Morgan fingerprint density at radius 1 is 1.36 bits per heavy atom. The summed E-state index contributed by atoms with van der Waals surface area (Å²) in [6, 6.07) is 5.76. The van der Waals surface area contributed by atoms with Crippen LogP contribution in [0.2, 0.25) is 0 Å². The highest BCUT2D eigenvalue weighted by Crippen LogP contribution is 2.12. The van der Waals surface area contributed by atoms with Crippen molar-refractivity contribution in [3.8, 4) is 6.07 Å². The van der Waals surface area contributed by atoms with E-state index in [1.165, 1.54) is 25.1 Å². The molecule has 0 unspecified atom stereocenters. The van der Waals surface area contributed by atoms with Crippen molar-refractivity contribution in [3.05, 3.63) is 34.9 Å². The van der Waals surface area contributed by atoms with Crippen LogP contribution in [0.5, 0.6) is 0 Å². The molecule has 0 heterocycles. The molecule has 4 nitrogen and oxygen atoms in total. The number of Topliss-reactive ketones (excluding diaryl/α,β-unsaturated/α-hetero) is 1. The van der Waals surface area contributed by atoms with Gasteiger partial charge in [0.1, 0.15) is 0 Å². The maximum absolute atomic E-state index is 11.1. The van der Waals surface area contributed by atoms with E-state index in [9.17, 15) is 9.59 Å². The lowest BCUT2D eigenvalue weighted by atomic mass is 10.0. The molecule has 0 atom stereocenters. The molecule has 1 aromatic rings. The van der Waals surface area contributed by atoms with E-state index in [2.05, 4.69) is 0 Å². The number of aromatic carboxylic acids is 1. The molecule has 0 radical (unpaired) electrons. The maximum Gasteiger partial charge on any atom is 0.336 e. The number of carbonyl (C=O) groups excluding carboxylic acids is 1. The zero-order valence-corrected chi connectivity index (χ0v) is 7.44. The average molecular weight is 189 g/mol. The van der Waals surface area contributed by atoms with E-state index in [-0.39, 0.29) is 22.5 Å². The van der Waals surface area contributed by atoms with E-state index in [1.54, 1.807) is 0 Å². The van der Waals surface area contributed by atoms with E-state index in [0.29, 0.717) is 0 Å². The number of nitriles is 1. The molecule has 14 heavy (non-hydrogen) atoms. The van der Waals surface area contributed by atoms with Gasteiger partial charge in [0.2, 0.25) is 0 Å². The van der Waals surface area contributed by atoms with Crippen LogP contribution in [0.25, 0.3) is 0 Å². The molecule has 0 amide bonds. The van der Waals surface area contributed by atoms with Crippen molar-refractivity contribution in [2.75, 3.05) is 0 Å². The molecule has 0 saturated carbocycles. The number of benzene rings is 1. The quantitative estimate of drug-likeness (QED) is 0.714. The monoisotopic (exact) mass is 189 g/mol. The Morgan fingerprint density at radius 2 is 2.00 bits per heavy atom. The Morgan fingerprint density at radius 3 is 2.43 bits per heavy atom. The lowest BCUT2D eigenvalue weighted by Crippen LogP contribution is -2.06. The number of carbonyl (C=O) groups is 2. The van der Waals surface area contributed by atoms with Crippen molar-refractivity contribution >= 4 is 11.8 Å². The lowest BCUT2D eigenvalue weighted by Gasteiger charge is -2.01. The van der Waals surface area contributed by atoms with Crippen LogP contribution in [0.15, 0.2) is 18.2 Å². The third-order valence-corrected chi connectivity index (χ3v) is 1.76. The highest BCUT2D eigenvalue weighted by atomic mass is 16.4. The minimum atomic E-state index is -1.17. The fraction of sp³-hybridized carbons (Fsp3) is 0.100. The zero-order chi connectivity index (χ0) is 10.7. The van der Waals surface area contributed by atoms with Crippen molar-refractivity contribution in [1.29, 1.82) is 5.26 Å². The summed E-state index contributed by atoms with van der Waals surface area (Å²) in [7, 11) is 0. The Labute approximate surface area is 80.4 Å². The number of hydrogen-bond donors (Lipinski definition) is 1. The fourth-order valence-electron chi connectivity index (χ4n) is 1.09. The predicted molar refractivity (Wildman–Crippen MR) is 48.1 cm³/mol. The molecule has 1 rings (SSSR count). The van der Waals surface area contributed by atoms with Crippen molar-refractivity contribution < 1.29 is 14.7 Å². The zero-order valence-electron chi connectivity index (χ0n) is 7.44. The first-order valence-electron chi connectivity index (χ1n) is 3.84. The number of nitrogens with zero attached hydrogens (tertiary/aromatic N) is 1. The molecule has 1 N–H and O–H groups in total. The molecule has 4 heteroatoms. The molecule has 0 saturated heterocycles.